The third kappa shape index (κ3) is 7.19. The average Bonchev–Trinajstić information content (AvgIpc) is 2.67. The number of nitrogens with zero attached hydrogens (tertiary/aromatic N) is 1. The lowest BCUT2D eigenvalue weighted by Crippen LogP contribution is -2.41. The summed E-state index contributed by atoms with van der Waals surface area (Å²) < 4.78 is 10.7. The van der Waals surface area contributed by atoms with Crippen LogP contribution in [0.2, 0.25) is 5.02 Å². The van der Waals surface area contributed by atoms with Gasteiger partial charge in [-0.3, -0.25) is 9.59 Å². The molecule has 0 aliphatic rings. The van der Waals surface area contributed by atoms with Gasteiger partial charge in [-0.15, -0.1) is 0 Å². The van der Waals surface area contributed by atoms with E-state index < -0.39 is 0 Å². The van der Waals surface area contributed by atoms with E-state index in [1.807, 2.05) is 12.1 Å². The number of ether oxygens (including phenoxy) is 2. The van der Waals surface area contributed by atoms with Gasteiger partial charge >= 0.3 is 0 Å². The van der Waals surface area contributed by atoms with Gasteiger partial charge in [0.25, 0.3) is 0 Å². The Bertz CT molecular complexity index is 748. The monoisotopic (exact) mass is 390 g/mol. The third-order valence-corrected chi connectivity index (χ3v) is 4.12. The van der Waals surface area contributed by atoms with Crippen LogP contribution in [0, 0.1) is 0 Å². The van der Waals surface area contributed by atoms with Crippen molar-refractivity contribution in [3.63, 3.8) is 0 Å². The number of carbonyl (C=O) groups excluding carboxylic acids is 2. The molecule has 0 saturated carbocycles. The number of amides is 2. The van der Waals surface area contributed by atoms with Gasteiger partial charge in [0.1, 0.15) is 18.1 Å². The fraction of sp³-hybridized carbons (Fsp3) is 0.300. The molecule has 0 atom stereocenters. The summed E-state index contributed by atoms with van der Waals surface area (Å²) in [6.07, 6.45) is 0. The molecule has 0 fully saturated rings. The van der Waals surface area contributed by atoms with Gasteiger partial charge in [0.15, 0.2) is 0 Å². The largest absolute Gasteiger partial charge is 0.497 e. The molecule has 2 amide bonds. The highest BCUT2D eigenvalue weighted by atomic mass is 35.5. The first-order chi connectivity index (χ1) is 13.0. The second-order valence-corrected chi connectivity index (χ2v) is 6.30. The molecule has 0 aromatic heterocycles. The van der Waals surface area contributed by atoms with E-state index in [0.29, 0.717) is 23.9 Å². The number of carbonyl (C=O) groups is 2. The van der Waals surface area contributed by atoms with Gasteiger partial charge in [0, 0.05) is 18.5 Å². The SMILES string of the molecule is COc1ccc(OCCN(CC(=O)NCc2ccc(Cl)cc2)C(C)=O)cc1. The quantitative estimate of drug-likeness (QED) is 0.714. The minimum absolute atomic E-state index is 0.0190. The molecule has 6 nitrogen and oxygen atoms in total. The van der Waals surface area contributed by atoms with Crippen molar-refractivity contribution >= 4 is 23.4 Å². The lowest BCUT2D eigenvalue weighted by molar-refractivity contribution is -0.134. The van der Waals surface area contributed by atoms with Gasteiger partial charge in [-0.1, -0.05) is 23.7 Å². The van der Waals surface area contributed by atoms with Crippen molar-refractivity contribution < 1.29 is 19.1 Å². The second-order valence-electron chi connectivity index (χ2n) is 5.87. The van der Waals surface area contributed by atoms with E-state index in [1.54, 1.807) is 43.5 Å². The topological polar surface area (TPSA) is 67.9 Å². The molecule has 7 heteroatoms. The first-order valence-electron chi connectivity index (χ1n) is 8.51. The molecule has 0 bridgehead atoms. The molecular formula is C20H23ClN2O4. The van der Waals surface area contributed by atoms with Crippen LogP contribution in [0.3, 0.4) is 0 Å². The van der Waals surface area contributed by atoms with Crippen molar-refractivity contribution in [1.82, 2.24) is 10.2 Å². The Morgan fingerprint density at radius 2 is 1.67 bits per heavy atom. The Balaban J connectivity index is 1.77. The van der Waals surface area contributed by atoms with E-state index in [-0.39, 0.29) is 25.0 Å². The fourth-order valence-corrected chi connectivity index (χ4v) is 2.45. The number of halogens is 1. The summed E-state index contributed by atoms with van der Waals surface area (Å²) in [7, 11) is 1.60. The van der Waals surface area contributed by atoms with Gasteiger partial charge in [-0.05, 0) is 42.0 Å². The number of methoxy groups -OCH3 is 1. The highest BCUT2D eigenvalue weighted by molar-refractivity contribution is 6.30. The summed E-state index contributed by atoms with van der Waals surface area (Å²) in [5.74, 6) is 0.996. The maximum Gasteiger partial charge on any atom is 0.239 e. The Morgan fingerprint density at radius 3 is 2.26 bits per heavy atom. The maximum absolute atomic E-state index is 12.1. The van der Waals surface area contributed by atoms with Gasteiger partial charge in [-0.25, -0.2) is 0 Å². The molecule has 2 aromatic rings. The Kier molecular flexibility index (Phi) is 7.95. The van der Waals surface area contributed by atoms with Crippen LogP contribution in [0.25, 0.3) is 0 Å². The van der Waals surface area contributed by atoms with Crippen molar-refractivity contribution in [1.29, 1.82) is 0 Å². The molecule has 2 aromatic carbocycles. The van der Waals surface area contributed by atoms with Crippen LogP contribution < -0.4 is 14.8 Å². The van der Waals surface area contributed by atoms with Crippen LogP contribution in [0.4, 0.5) is 0 Å². The fourth-order valence-electron chi connectivity index (χ4n) is 2.33. The van der Waals surface area contributed by atoms with Gasteiger partial charge in [0.05, 0.1) is 20.2 Å². The highest BCUT2D eigenvalue weighted by Gasteiger charge is 2.13. The average molecular weight is 391 g/mol. The number of rotatable bonds is 9. The molecule has 2 rings (SSSR count). The molecule has 1 N–H and O–H groups in total. The molecule has 0 aliphatic carbocycles. The van der Waals surface area contributed by atoms with E-state index in [1.165, 1.54) is 11.8 Å². The van der Waals surface area contributed by atoms with Crippen molar-refractivity contribution in [2.45, 2.75) is 13.5 Å². The summed E-state index contributed by atoms with van der Waals surface area (Å²) in [6, 6.07) is 14.4. The van der Waals surface area contributed by atoms with Crippen molar-refractivity contribution in [3.05, 3.63) is 59.1 Å². The predicted octanol–water partition coefficient (Wildman–Crippen LogP) is 2.89. The Morgan fingerprint density at radius 1 is 1.04 bits per heavy atom. The Hall–Kier alpha value is -2.73. The number of benzene rings is 2. The molecule has 0 spiro atoms. The summed E-state index contributed by atoms with van der Waals surface area (Å²) in [5.41, 5.74) is 0.935. The summed E-state index contributed by atoms with van der Waals surface area (Å²) in [6.45, 7) is 2.39. The van der Waals surface area contributed by atoms with E-state index in [9.17, 15) is 9.59 Å². The zero-order valence-electron chi connectivity index (χ0n) is 15.4. The lowest BCUT2D eigenvalue weighted by Gasteiger charge is -2.20. The smallest absolute Gasteiger partial charge is 0.239 e. The zero-order chi connectivity index (χ0) is 19.6. The third-order valence-electron chi connectivity index (χ3n) is 3.87. The number of hydrogen-bond donors (Lipinski definition) is 1. The normalized spacial score (nSPS) is 10.2. The zero-order valence-corrected chi connectivity index (χ0v) is 16.2. The first-order valence-corrected chi connectivity index (χ1v) is 8.89. The minimum atomic E-state index is -0.232. The number of nitrogens with one attached hydrogen (secondary N) is 1. The minimum Gasteiger partial charge on any atom is -0.497 e. The van der Waals surface area contributed by atoms with E-state index in [0.717, 1.165) is 11.3 Å². The predicted molar refractivity (Wildman–Crippen MR) is 104 cm³/mol. The van der Waals surface area contributed by atoms with Crippen LogP contribution >= 0.6 is 11.6 Å². The summed E-state index contributed by atoms with van der Waals surface area (Å²) >= 11 is 5.84. The summed E-state index contributed by atoms with van der Waals surface area (Å²) in [4.78, 5) is 25.3. The molecule has 0 unspecified atom stereocenters. The first kappa shape index (κ1) is 20.6. The van der Waals surface area contributed by atoms with Crippen LogP contribution in [0.1, 0.15) is 12.5 Å². The van der Waals surface area contributed by atoms with Crippen molar-refractivity contribution in [2.75, 3.05) is 26.8 Å². The molecule has 27 heavy (non-hydrogen) atoms. The van der Waals surface area contributed by atoms with Crippen molar-refractivity contribution in [2.24, 2.45) is 0 Å². The van der Waals surface area contributed by atoms with E-state index in [2.05, 4.69) is 5.32 Å². The van der Waals surface area contributed by atoms with Gasteiger partial charge in [0.2, 0.25) is 11.8 Å². The molecular weight excluding hydrogens is 368 g/mol. The van der Waals surface area contributed by atoms with Crippen LogP contribution in [0.5, 0.6) is 11.5 Å². The second kappa shape index (κ2) is 10.4. The summed E-state index contributed by atoms with van der Waals surface area (Å²) in [5, 5.41) is 3.44. The number of hydrogen-bond acceptors (Lipinski definition) is 4. The Labute approximate surface area is 164 Å². The highest BCUT2D eigenvalue weighted by Crippen LogP contribution is 2.16. The standard InChI is InChI=1S/C20H23ClN2O4/c1-15(24)23(11-12-27-19-9-7-18(26-2)8-10-19)14-20(25)22-13-16-3-5-17(21)6-4-16/h3-10H,11-14H2,1-2H3,(H,22,25). The molecule has 0 saturated heterocycles. The molecule has 144 valence electrons. The molecule has 0 radical (unpaired) electrons. The van der Waals surface area contributed by atoms with Crippen molar-refractivity contribution in [3.8, 4) is 11.5 Å². The molecule has 0 heterocycles. The van der Waals surface area contributed by atoms with E-state index in [4.69, 9.17) is 21.1 Å². The van der Waals surface area contributed by atoms with Gasteiger partial charge < -0.3 is 19.7 Å². The lowest BCUT2D eigenvalue weighted by atomic mass is 10.2. The van der Waals surface area contributed by atoms with E-state index >= 15 is 0 Å². The molecule has 0 aliphatic heterocycles. The van der Waals surface area contributed by atoms with Gasteiger partial charge in [-0.2, -0.15) is 0 Å². The maximum atomic E-state index is 12.1. The van der Waals surface area contributed by atoms with Crippen LogP contribution in [-0.4, -0.2) is 43.5 Å². The van der Waals surface area contributed by atoms with Crippen LogP contribution in [-0.2, 0) is 16.1 Å². The van der Waals surface area contributed by atoms with Crippen LogP contribution in [0.15, 0.2) is 48.5 Å².